The Bertz CT molecular complexity index is 451. The van der Waals surface area contributed by atoms with Crippen LogP contribution in [0.3, 0.4) is 0 Å². The number of carbonyl (C=O) groups excluding carboxylic acids is 1. The van der Waals surface area contributed by atoms with Crippen LogP contribution in [0.2, 0.25) is 5.02 Å². The first-order chi connectivity index (χ1) is 8.54. The Kier molecular flexibility index (Phi) is 6.01. The smallest absolute Gasteiger partial charge is 0.230 e. The number of benzene rings is 1. The van der Waals surface area contributed by atoms with Gasteiger partial charge in [0.05, 0.1) is 5.75 Å². The molecular formula is C12H16ClN3OS. The van der Waals surface area contributed by atoms with E-state index in [2.05, 4.69) is 5.32 Å². The van der Waals surface area contributed by atoms with Crippen LogP contribution in [-0.2, 0) is 4.79 Å². The summed E-state index contributed by atoms with van der Waals surface area (Å²) < 4.78 is 0. The summed E-state index contributed by atoms with van der Waals surface area (Å²) in [5.41, 5.74) is 6.08. The van der Waals surface area contributed by atoms with Gasteiger partial charge in [-0.1, -0.05) is 18.5 Å². The molecule has 0 aliphatic heterocycles. The summed E-state index contributed by atoms with van der Waals surface area (Å²) in [6.45, 7) is 2.67. The lowest BCUT2D eigenvalue weighted by Gasteiger charge is -2.08. The molecule has 0 spiro atoms. The van der Waals surface area contributed by atoms with Crippen molar-refractivity contribution in [1.29, 1.82) is 5.41 Å². The van der Waals surface area contributed by atoms with Gasteiger partial charge < -0.3 is 11.1 Å². The van der Waals surface area contributed by atoms with E-state index in [1.807, 2.05) is 6.92 Å². The van der Waals surface area contributed by atoms with E-state index >= 15 is 0 Å². The van der Waals surface area contributed by atoms with Crippen molar-refractivity contribution in [3.63, 3.8) is 0 Å². The van der Waals surface area contributed by atoms with E-state index in [1.165, 1.54) is 11.8 Å². The van der Waals surface area contributed by atoms with E-state index < -0.39 is 0 Å². The van der Waals surface area contributed by atoms with Gasteiger partial charge in [0.15, 0.2) is 0 Å². The molecule has 4 N–H and O–H groups in total. The first kappa shape index (κ1) is 14.9. The number of hydrogen-bond donors (Lipinski definition) is 3. The second-order valence-electron chi connectivity index (χ2n) is 3.69. The molecule has 0 fully saturated rings. The Balaban J connectivity index is 2.68. The molecule has 0 aromatic heterocycles. The maximum atomic E-state index is 11.5. The average molecular weight is 286 g/mol. The van der Waals surface area contributed by atoms with Crippen LogP contribution in [0.4, 0.5) is 0 Å². The average Bonchev–Trinajstić information content (AvgIpc) is 2.33. The molecule has 18 heavy (non-hydrogen) atoms. The molecular weight excluding hydrogens is 270 g/mol. The van der Waals surface area contributed by atoms with Crippen LogP contribution >= 0.6 is 23.4 Å². The summed E-state index contributed by atoms with van der Waals surface area (Å²) in [5.74, 6) is 0.236. The summed E-state index contributed by atoms with van der Waals surface area (Å²) >= 11 is 7.23. The first-order valence-corrected chi connectivity index (χ1v) is 6.94. The van der Waals surface area contributed by atoms with Crippen molar-refractivity contribution in [3.8, 4) is 0 Å². The molecule has 0 heterocycles. The van der Waals surface area contributed by atoms with Crippen molar-refractivity contribution < 1.29 is 4.79 Å². The van der Waals surface area contributed by atoms with E-state index in [0.717, 1.165) is 11.3 Å². The van der Waals surface area contributed by atoms with Gasteiger partial charge in [-0.2, -0.15) is 0 Å². The third-order valence-electron chi connectivity index (χ3n) is 2.16. The fourth-order valence-electron chi connectivity index (χ4n) is 1.30. The molecule has 1 amide bonds. The van der Waals surface area contributed by atoms with Crippen molar-refractivity contribution in [1.82, 2.24) is 5.32 Å². The number of nitrogen functional groups attached to an aromatic ring is 1. The van der Waals surface area contributed by atoms with Crippen molar-refractivity contribution >= 4 is 35.1 Å². The number of amides is 1. The van der Waals surface area contributed by atoms with E-state index in [4.69, 9.17) is 22.7 Å². The molecule has 1 rings (SSSR count). The quantitative estimate of drug-likeness (QED) is 0.426. The number of nitrogens with two attached hydrogens (primary N) is 1. The highest BCUT2D eigenvalue weighted by Crippen LogP contribution is 2.25. The second-order valence-corrected chi connectivity index (χ2v) is 5.15. The van der Waals surface area contributed by atoms with Crippen LogP contribution in [0.25, 0.3) is 0 Å². The minimum Gasteiger partial charge on any atom is -0.384 e. The molecule has 0 unspecified atom stereocenters. The molecule has 1 aromatic rings. The zero-order valence-electron chi connectivity index (χ0n) is 10.1. The SMILES string of the molecule is CCCNC(=O)CSc1cc(Cl)ccc1C(=N)N. The Labute approximate surface area is 116 Å². The van der Waals surface area contributed by atoms with Gasteiger partial charge in [0.2, 0.25) is 5.91 Å². The third-order valence-corrected chi connectivity index (χ3v) is 3.46. The maximum Gasteiger partial charge on any atom is 0.230 e. The van der Waals surface area contributed by atoms with Crippen LogP contribution in [0.5, 0.6) is 0 Å². The fourth-order valence-corrected chi connectivity index (χ4v) is 2.47. The molecule has 0 saturated heterocycles. The van der Waals surface area contributed by atoms with E-state index in [-0.39, 0.29) is 11.7 Å². The number of nitrogens with one attached hydrogen (secondary N) is 2. The van der Waals surface area contributed by atoms with E-state index in [1.54, 1.807) is 18.2 Å². The lowest BCUT2D eigenvalue weighted by Crippen LogP contribution is -2.25. The standard InChI is InChI=1S/C12H16ClN3OS/c1-2-5-16-11(17)7-18-10-6-8(13)3-4-9(10)12(14)15/h3-4,6H,2,5,7H2,1H3,(H3,14,15)(H,16,17). The Morgan fingerprint density at radius 2 is 2.28 bits per heavy atom. The van der Waals surface area contributed by atoms with Crippen LogP contribution < -0.4 is 11.1 Å². The van der Waals surface area contributed by atoms with Crippen molar-refractivity contribution in [2.24, 2.45) is 5.73 Å². The van der Waals surface area contributed by atoms with Gasteiger partial charge in [-0.05, 0) is 24.6 Å². The molecule has 0 atom stereocenters. The molecule has 98 valence electrons. The Hall–Kier alpha value is -1.20. The van der Waals surface area contributed by atoms with Gasteiger partial charge in [0.1, 0.15) is 5.84 Å². The third kappa shape index (κ3) is 4.58. The van der Waals surface area contributed by atoms with Gasteiger partial charge in [-0.25, -0.2) is 0 Å². The van der Waals surface area contributed by atoms with Crippen LogP contribution in [-0.4, -0.2) is 24.0 Å². The van der Waals surface area contributed by atoms with Gasteiger partial charge >= 0.3 is 0 Å². The summed E-state index contributed by atoms with van der Waals surface area (Å²) in [4.78, 5) is 12.2. The minimum atomic E-state index is -0.0312. The summed E-state index contributed by atoms with van der Waals surface area (Å²) in [7, 11) is 0. The number of thioether (sulfide) groups is 1. The van der Waals surface area contributed by atoms with Gasteiger partial charge in [-0.3, -0.25) is 10.2 Å². The lowest BCUT2D eigenvalue weighted by molar-refractivity contribution is -0.118. The monoisotopic (exact) mass is 285 g/mol. The van der Waals surface area contributed by atoms with Crippen molar-refractivity contribution in [2.45, 2.75) is 18.2 Å². The first-order valence-electron chi connectivity index (χ1n) is 5.58. The number of hydrogen-bond acceptors (Lipinski definition) is 3. The summed E-state index contributed by atoms with van der Waals surface area (Å²) in [6, 6.07) is 5.09. The largest absolute Gasteiger partial charge is 0.384 e. The highest BCUT2D eigenvalue weighted by molar-refractivity contribution is 8.00. The zero-order chi connectivity index (χ0) is 13.5. The molecule has 0 radical (unpaired) electrons. The molecule has 0 aliphatic carbocycles. The number of halogens is 1. The minimum absolute atomic E-state index is 0.0249. The van der Waals surface area contributed by atoms with Crippen molar-refractivity contribution in [3.05, 3.63) is 28.8 Å². The Morgan fingerprint density at radius 3 is 2.89 bits per heavy atom. The van der Waals surface area contributed by atoms with Gasteiger partial charge in [0.25, 0.3) is 0 Å². The van der Waals surface area contributed by atoms with Crippen molar-refractivity contribution in [2.75, 3.05) is 12.3 Å². The number of amidine groups is 1. The predicted octanol–water partition coefficient (Wildman–Crippen LogP) is 2.24. The Morgan fingerprint density at radius 1 is 1.56 bits per heavy atom. The highest BCUT2D eigenvalue weighted by atomic mass is 35.5. The van der Waals surface area contributed by atoms with Crippen LogP contribution in [0.15, 0.2) is 23.1 Å². The number of carbonyl (C=O) groups is 1. The highest BCUT2D eigenvalue weighted by Gasteiger charge is 2.09. The number of rotatable bonds is 6. The molecule has 0 aliphatic rings. The molecule has 0 bridgehead atoms. The molecule has 4 nitrogen and oxygen atoms in total. The van der Waals surface area contributed by atoms with E-state index in [0.29, 0.717) is 22.9 Å². The van der Waals surface area contributed by atoms with Gasteiger partial charge in [-0.15, -0.1) is 11.8 Å². The van der Waals surface area contributed by atoms with Crippen LogP contribution in [0.1, 0.15) is 18.9 Å². The maximum absolute atomic E-state index is 11.5. The zero-order valence-corrected chi connectivity index (χ0v) is 11.7. The van der Waals surface area contributed by atoms with Crippen LogP contribution in [0, 0.1) is 5.41 Å². The normalized spacial score (nSPS) is 10.1. The molecule has 0 saturated carbocycles. The molecule has 1 aromatic carbocycles. The lowest BCUT2D eigenvalue weighted by atomic mass is 10.2. The summed E-state index contributed by atoms with van der Waals surface area (Å²) in [6.07, 6.45) is 0.909. The van der Waals surface area contributed by atoms with E-state index in [9.17, 15) is 4.79 Å². The topological polar surface area (TPSA) is 79.0 Å². The fraction of sp³-hybridized carbons (Fsp3) is 0.333. The molecule has 6 heteroatoms. The van der Waals surface area contributed by atoms with Gasteiger partial charge in [0, 0.05) is 22.0 Å². The summed E-state index contributed by atoms with van der Waals surface area (Å²) in [5, 5.41) is 10.8. The predicted molar refractivity (Wildman–Crippen MR) is 76.5 cm³/mol. The second kappa shape index (κ2) is 7.28.